The molecule has 5 nitrogen and oxygen atoms in total. The minimum Gasteiger partial charge on any atom is -0.477 e. The Morgan fingerprint density at radius 1 is 1.50 bits per heavy atom. The Kier molecular flexibility index (Phi) is 4.03. The number of carbonyl (C=O) groups is 2. The zero-order valence-electron chi connectivity index (χ0n) is 9.40. The number of aryl methyl sites for hydroxylation is 1. The lowest BCUT2D eigenvalue weighted by atomic mass is 10.3. The van der Waals surface area contributed by atoms with Crippen molar-refractivity contribution >= 4 is 28.2 Å². The van der Waals surface area contributed by atoms with Crippen molar-refractivity contribution in [2.75, 3.05) is 26.0 Å². The number of likely N-dealkylation sites (N-methyl/N-ethyl adjacent to an activating group) is 1. The van der Waals surface area contributed by atoms with Crippen LogP contribution in [0, 0.1) is 6.92 Å². The zero-order chi connectivity index (χ0) is 12.3. The van der Waals surface area contributed by atoms with E-state index in [0.29, 0.717) is 10.6 Å². The van der Waals surface area contributed by atoms with Crippen LogP contribution in [-0.4, -0.2) is 42.5 Å². The molecule has 0 saturated carbocycles. The van der Waals surface area contributed by atoms with E-state index in [0.717, 1.165) is 11.3 Å². The molecule has 1 heterocycles. The predicted molar refractivity (Wildman–Crippen MR) is 63.2 cm³/mol. The van der Waals surface area contributed by atoms with Crippen LogP contribution in [0.1, 0.15) is 15.2 Å². The maximum absolute atomic E-state index is 11.4. The van der Waals surface area contributed by atoms with Crippen molar-refractivity contribution in [3.8, 4) is 0 Å². The van der Waals surface area contributed by atoms with Crippen LogP contribution in [-0.2, 0) is 4.79 Å². The molecule has 0 unspecified atom stereocenters. The van der Waals surface area contributed by atoms with E-state index < -0.39 is 5.97 Å². The maximum atomic E-state index is 11.4. The minimum absolute atomic E-state index is 0.150. The van der Waals surface area contributed by atoms with E-state index in [9.17, 15) is 9.59 Å². The Balaban J connectivity index is 2.72. The smallest absolute Gasteiger partial charge is 0.346 e. The van der Waals surface area contributed by atoms with Crippen molar-refractivity contribution in [3.05, 3.63) is 16.5 Å². The SMILES string of the molecule is Cc1cc(NC(=O)CN(C)C)sc1C(=O)O. The number of hydrogen-bond donors (Lipinski definition) is 2. The Bertz CT molecular complexity index is 412. The molecule has 0 aromatic carbocycles. The van der Waals surface area contributed by atoms with Gasteiger partial charge in [-0.15, -0.1) is 11.3 Å². The standard InChI is InChI=1S/C10H14N2O3S/c1-6-4-8(16-9(6)10(14)15)11-7(13)5-12(2)3/h4H,5H2,1-3H3,(H,11,13)(H,14,15). The molecule has 2 N–H and O–H groups in total. The molecule has 0 radical (unpaired) electrons. The second-order valence-electron chi connectivity index (χ2n) is 3.71. The van der Waals surface area contributed by atoms with Crippen molar-refractivity contribution in [3.63, 3.8) is 0 Å². The molecular weight excluding hydrogens is 228 g/mol. The summed E-state index contributed by atoms with van der Waals surface area (Å²) in [6.45, 7) is 1.99. The first-order valence-electron chi connectivity index (χ1n) is 4.68. The average Bonchev–Trinajstić information content (AvgIpc) is 2.44. The van der Waals surface area contributed by atoms with Gasteiger partial charge in [-0.05, 0) is 32.6 Å². The first-order chi connectivity index (χ1) is 7.40. The van der Waals surface area contributed by atoms with Crippen LogP contribution in [0.4, 0.5) is 5.00 Å². The minimum atomic E-state index is -0.962. The molecule has 0 aliphatic heterocycles. The molecule has 1 amide bonds. The van der Waals surface area contributed by atoms with Gasteiger partial charge < -0.3 is 15.3 Å². The molecule has 0 atom stereocenters. The fraction of sp³-hybridized carbons (Fsp3) is 0.400. The van der Waals surface area contributed by atoms with E-state index in [-0.39, 0.29) is 17.3 Å². The quantitative estimate of drug-likeness (QED) is 0.833. The van der Waals surface area contributed by atoms with E-state index in [1.807, 2.05) is 0 Å². The average molecular weight is 242 g/mol. The molecule has 1 rings (SSSR count). The van der Waals surface area contributed by atoms with Crippen LogP contribution in [0.15, 0.2) is 6.07 Å². The normalized spacial score (nSPS) is 10.5. The monoisotopic (exact) mass is 242 g/mol. The summed E-state index contributed by atoms with van der Waals surface area (Å²) in [5.74, 6) is -1.11. The number of hydrogen-bond acceptors (Lipinski definition) is 4. The summed E-state index contributed by atoms with van der Waals surface area (Å²) in [5, 5.41) is 12.1. The highest BCUT2D eigenvalue weighted by atomic mass is 32.1. The van der Waals surface area contributed by atoms with Crippen LogP contribution in [0.2, 0.25) is 0 Å². The van der Waals surface area contributed by atoms with E-state index in [1.54, 1.807) is 32.0 Å². The molecule has 0 bridgehead atoms. The summed E-state index contributed by atoms with van der Waals surface area (Å²) in [5.41, 5.74) is 0.664. The highest BCUT2D eigenvalue weighted by molar-refractivity contribution is 7.18. The summed E-state index contributed by atoms with van der Waals surface area (Å²) in [6.07, 6.45) is 0. The number of aromatic carboxylic acids is 1. The third-order valence-corrected chi connectivity index (χ3v) is 2.98. The van der Waals surface area contributed by atoms with Crippen LogP contribution >= 0.6 is 11.3 Å². The fourth-order valence-corrected chi connectivity index (χ4v) is 2.15. The lowest BCUT2D eigenvalue weighted by Gasteiger charge is -2.08. The van der Waals surface area contributed by atoms with E-state index in [2.05, 4.69) is 5.32 Å². The zero-order valence-corrected chi connectivity index (χ0v) is 10.2. The van der Waals surface area contributed by atoms with Gasteiger partial charge in [0.1, 0.15) is 4.88 Å². The molecule has 0 fully saturated rings. The van der Waals surface area contributed by atoms with Gasteiger partial charge in [-0.3, -0.25) is 4.79 Å². The summed E-state index contributed by atoms with van der Waals surface area (Å²) in [7, 11) is 3.59. The summed E-state index contributed by atoms with van der Waals surface area (Å²) < 4.78 is 0. The van der Waals surface area contributed by atoms with Gasteiger partial charge >= 0.3 is 5.97 Å². The van der Waals surface area contributed by atoms with Crippen LogP contribution in [0.5, 0.6) is 0 Å². The molecule has 1 aromatic rings. The summed E-state index contributed by atoms with van der Waals surface area (Å²) in [6, 6.07) is 1.67. The van der Waals surface area contributed by atoms with Crippen LogP contribution in [0.25, 0.3) is 0 Å². The number of carboxylic acids is 1. The number of nitrogens with zero attached hydrogens (tertiary/aromatic N) is 1. The van der Waals surface area contributed by atoms with Crippen LogP contribution < -0.4 is 5.32 Å². The van der Waals surface area contributed by atoms with E-state index in [4.69, 9.17) is 5.11 Å². The summed E-state index contributed by atoms with van der Waals surface area (Å²) >= 11 is 1.07. The first kappa shape index (κ1) is 12.7. The van der Waals surface area contributed by atoms with Gasteiger partial charge in [-0.2, -0.15) is 0 Å². The third-order valence-electron chi connectivity index (χ3n) is 1.83. The maximum Gasteiger partial charge on any atom is 0.346 e. The lowest BCUT2D eigenvalue weighted by Crippen LogP contribution is -2.26. The third kappa shape index (κ3) is 3.32. The largest absolute Gasteiger partial charge is 0.477 e. The topological polar surface area (TPSA) is 69.6 Å². The van der Waals surface area contributed by atoms with Gasteiger partial charge in [0.15, 0.2) is 0 Å². The number of anilines is 1. The Hall–Kier alpha value is -1.40. The number of carboxylic acid groups (broad SMARTS) is 1. The fourth-order valence-electron chi connectivity index (χ4n) is 1.22. The van der Waals surface area contributed by atoms with Gasteiger partial charge in [0.25, 0.3) is 0 Å². The van der Waals surface area contributed by atoms with Gasteiger partial charge in [-0.25, -0.2) is 4.79 Å². The Morgan fingerprint density at radius 2 is 2.12 bits per heavy atom. The number of amides is 1. The van der Waals surface area contributed by atoms with Crippen LogP contribution in [0.3, 0.4) is 0 Å². The first-order valence-corrected chi connectivity index (χ1v) is 5.50. The highest BCUT2D eigenvalue weighted by Crippen LogP contribution is 2.26. The molecule has 88 valence electrons. The number of nitrogens with one attached hydrogen (secondary N) is 1. The Labute approximate surface area is 97.7 Å². The van der Waals surface area contributed by atoms with Gasteiger partial charge in [0.2, 0.25) is 5.91 Å². The number of rotatable bonds is 4. The molecule has 0 saturated heterocycles. The van der Waals surface area contributed by atoms with Crippen molar-refractivity contribution in [1.29, 1.82) is 0 Å². The summed E-state index contributed by atoms with van der Waals surface area (Å²) in [4.78, 5) is 24.2. The number of carbonyl (C=O) groups excluding carboxylic acids is 1. The predicted octanol–water partition coefficient (Wildman–Crippen LogP) is 1.25. The van der Waals surface area contributed by atoms with E-state index >= 15 is 0 Å². The molecule has 16 heavy (non-hydrogen) atoms. The van der Waals surface area contributed by atoms with Crippen molar-refractivity contribution < 1.29 is 14.7 Å². The molecule has 1 aromatic heterocycles. The highest BCUT2D eigenvalue weighted by Gasteiger charge is 2.13. The van der Waals surface area contributed by atoms with Gasteiger partial charge in [0.05, 0.1) is 11.5 Å². The van der Waals surface area contributed by atoms with Crippen molar-refractivity contribution in [2.45, 2.75) is 6.92 Å². The molecule has 6 heteroatoms. The second kappa shape index (κ2) is 5.09. The molecular formula is C10H14N2O3S. The van der Waals surface area contributed by atoms with E-state index in [1.165, 1.54) is 0 Å². The molecule has 0 aliphatic rings. The Morgan fingerprint density at radius 3 is 2.56 bits per heavy atom. The molecule has 0 spiro atoms. The number of thiophene rings is 1. The molecule has 0 aliphatic carbocycles. The van der Waals surface area contributed by atoms with Gasteiger partial charge in [-0.1, -0.05) is 0 Å². The van der Waals surface area contributed by atoms with Gasteiger partial charge in [0, 0.05) is 0 Å². The lowest BCUT2D eigenvalue weighted by molar-refractivity contribution is -0.116. The van der Waals surface area contributed by atoms with Crippen molar-refractivity contribution in [2.24, 2.45) is 0 Å². The second-order valence-corrected chi connectivity index (χ2v) is 4.77. The van der Waals surface area contributed by atoms with Crippen molar-refractivity contribution in [1.82, 2.24) is 4.90 Å².